The highest BCUT2D eigenvalue weighted by atomic mass is 35.5. The monoisotopic (exact) mass is 390 g/mol. The molecular weight excluding hydrogens is 376 g/mol. The van der Waals surface area contributed by atoms with Gasteiger partial charge in [0.1, 0.15) is 29.0 Å². The maximum atomic E-state index is 10.8. The molecule has 26 heavy (non-hydrogen) atoms. The molecule has 0 radical (unpaired) electrons. The highest BCUT2D eigenvalue weighted by Gasteiger charge is 2.23. The number of piperazine rings is 1. The number of aryl methyl sites for hydroxylation is 1. The minimum Gasteiger partial charge on any atom is -0.352 e. The molecule has 1 aliphatic heterocycles. The van der Waals surface area contributed by atoms with Crippen molar-refractivity contribution in [3.8, 4) is 0 Å². The summed E-state index contributed by atoms with van der Waals surface area (Å²) in [4.78, 5) is 29.8. The molecule has 0 bridgehead atoms. The molecule has 3 aromatic heterocycles. The molecular formula is C16H15ClN6O2S. The van der Waals surface area contributed by atoms with Crippen LogP contribution in [0.1, 0.15) is 4.88 Å². The Hall–Kier alpha value is -2.52. The van der Waals surface area contributed by atoms with Crippen LogP contribution in [0.2, 0.25) is 5.02 Å². The Morgan fingerprint density at radius 3 is 2.46 bits per heavy atom. The molecule has 0 aromatic carbocycles. The summed E-state index contributed by atoms with van der Waals surface area (Å²) in [6, 6.07) is 3.47. The molecule has 4 rings (SSSR count). The van der Waals surface area contributed by atoms with Crippen LogP contribution in [0.15, 0.2) is 24.7 Å². The summed E-state index contributed by atoms with van der Waals surface area (Å²) in [5.74, 6) is 1.53. The highest BCUT2D eigenvalue weighted by molar-refractivity contribution is 7.18. The first-order chi connectivity index (χ1) is 12.5. The molecule has 0 N–H and O–H groups in total. The van der Waals surface area contributed by atoms with E-state index in [1.807, 2.05) is 4.90 Å². The Bertz CT molecular complexity index is 986. The van der Waals surface area contributed by atoms with Gasteiger partial charge >= 0.3 is 0 Å². The minimum absolute atomic E-state index is 0.103. The highest BCUT2D eigenvalue weighted by Crippen LogP contribution is 2.32. The molecule has 0 aliphatic carbocycles. The minimum atomic E-state index is -0.496. The maximum absolute atomic E-state index is 10.8. The maximum Gasteiger partial charge on any atom is 0.289 e. The van der Waals surface area contributed by atoms with Crippen LogP contribution in [0, 0.1) is 17.0 Å². The first-order valence-corrected chi connectivity index (χ1v) is 9.23. The van der Waals surface area contributed by atoms with E-state index in [1.165, 1.54) is 17.1 Å². The van der Waals surface area contributed by atoms with E-state index < -0.39 is 4.92 Å². The molecule has 1 saturated heterocycles. The third-order valence-corrected chi connectivity index (χ3v) is 5.57. The molecule has 3 aromatic rings. The lowest BCUT2D eigenvalue weighted by Gasteiger charge is -2.36. The predicted molar refractivity (Wildman–Crippen MR) is 102 cm³/mol. The number of nitrogens with zero attached hydrogens (tertiary/aromatic N) is 6. The standard InChI is InChI=1S/C16H15ClN6O2S/c1-10-6-12-14(19-9-20-16(12)26-10)21-2-4-22(5-3-21)15-13(17)7-11(8-18-15)23(24)25/h6-9H,2-5H2,1H3. The van der Waals surface area contributed by atoms with Crippen molar-refractivity contribution in [3.63, 3.8) is 0 Å². The topological polar surface area (TPSA) is 88.3 Å². The lowest BCUT2D eigenvalue weighted by molar-refractivity contribution is -0.385. The second-order valence-electron chi connectivity index (χ2n) is 6.00. The Labute approximate surface area is 158 Å². The molecule has 0 unspecified atom stereocenters. The number of hydrogen-bond acceptors (Lipinski definition) is 8. The molecule has 0 spiro atoms. The second kappa shape index (κ2) is 6.65. The van der Waals surface area contributed by atoms with E-state index in [0.717, 1.165) is 29.1 Å². The van der Waals surface area contributed by atoms with Crippen molar-refractivity contribution in [2.45, 2.75) is 6.92 Å². The fourth-order valence-corrected chi connectivity index (χ4v) is 4.22. The van der Waals surface area contributed by atoms with Crippen LogP contribution in [-0.4, -0.2) is 46.1 Å². The van der Waals surface area contributed by atoms with Gasteiger partial charge in [-0.05, 0) is 13.0 Å². The molecule has 10 heteroatoms. The summed E-state index contributed by atoms with van der Waals surface area (Å²) in [7, 11) is 0. The number of nitro groups is 1. The summed E-state index contributed by atoms with van der Waals surface area (Å²) < 4.78 is 0. The van der Waals surface area contributed by atoms with Crippen LogP contribution in [0.5, 0.6) is 0 Å². The summed E-state index contributed by atoms with van der Waals surface area (Å²) in [5.41, 5.74) is -0.103. The first-order valence-electron chi connectivity index (χ1n) is 8.04. The number of thiophene rings is 1. The van der Waals surface area contributed by atoms with Gasteiger partial charge < -0.3 is 9.80 Å². The largest absolute Gasteiger partial charge is 0.352 e. The van der Waals surface area contributed by atoms with Crippen LogP contribution in [0.3, 0.4) is 0 Å². The zero-order chi connectivity index (χ0) is 18.3. The van der Waals surface area contributed by atoms with Gasteiger partial charge in [0.05, 0.1) is 15.3 Å². The van der Waals surface area contributed by atoms with Crippen molar-refractivity contribution in [1.29, 1.82) is 0 Å². The summed E-state index contributed by atoms with van der Waals surface area (Å²) in [6.07, 6.45) is 2.85. The van der Waals surface area contributed by atoms with Gasteiger partial charge in [-0.1, -0.05) is 11.6 Å². The fraction of sp³-hybridized carbons (Fsp3) is 0.312. The molecule has 0 atom stereocenters. The lowest BCUT2D eigenvalue weighted by Crippen LogP contribution is -2.47. The third kappa shape index (κ3) is 3.04. The Kier molecular flexibility index (Phi) is 4.33. The van der Waals surface area contributed by atoms with Gasteiger partial charge in [0.2, 0.25) is 0 Å². The average Bonchev–Trinajstić information content (AvgIpc) is 3.02. The quantitative estimate of drug-likeness (QED) is 0.500. The van der Waals surface area contributed by atoms with Crippen LogP contribution in [0.4, 0.5) is 17.3 Å². The normalized spacial score (nSPS) is 14.8. The van der Waals surface area contributed by atoms with Gasteiger partial charge in [0.25, 0.3) is 5.69 Å². The number of fused-ring (bicyclic) bond motifs is 1. The number of hydrogen-bond donors (Lipinski definition) is 0. The summed E-state index contributed by atoms with van der Waals surface area (Å²) in [5, 5.41) is 12.2. The lowest BCUT2D eigenvalue weighted by atomic mass is 10.2. The van der Waals surface area contributed by atoms with Crippen molar-refractivity contribution >= 4 is 50.5 Å². The molecule has 1 aliphatic rings. The molecule has 4 heterocycles. The Morgan fingerprint density at radius 1 is 1.12 bits per heavy atom. The smallest absolute Gasteiger partial charge is 0.289 e. The van der Waals surface area contributed by atoms with E-state index in [4.69, 9.17) is 11.6 Å². The van der Waals surface area contributed by atoms with E-state index in [-0.39, 0.29) is 5.69 Å². The average molecular weight is 391 g/mol. The van der Waals surface area contributed by atoms with Crippen molar-refractivity contribution in [1.82, 2.24) is 15.0 Å². The molecule has 0 amide bonds. The number of pyridine rings is 1. The zero-order valence-electron chi connectivity index (χ0n) is 13.9. The zero-order valence-corrected chi connectivity index (χ0v) is 15.5. The number of halogens is 1. The van der Waals surface area contributed by atoms with Crippen molar-refractivity contribution < 1.29 is 4.92 Å². The van der Waals surface area contributed by atoms with Gasteiger partial charge in [0, 0.05) is 37.1 Å². The van der Waals surface area contributed by atoms with Gasteiger partial charge in [0.15, 0.2) is 0 Å². The van der Waals surface area contributed by atoms with Crippen LogP contribution in [0.25, 0.3) is 10.2 Å². The van der Waals surface area contributed by atoms with Crippen LogP contribution in [-0.2, 0) is 0 Å². The van der Waals surface area contributed by atoms with Crippen molar-refractivity contribution in [2.24, 2.45) is 0 Å². The Balaban J connectivity index is 1.53. The van der Waals surface area contributed by atoms with Crippen molar-refractivity contribution in [2.75, 3.05) is 36.0 Å². The summed E-state index contributed by atoms with van der Waals surface area (Å²) in [6.45, 7) is 5.00. The number of aromatic nitrogens is 3. The second-order valence-corrected chi connectivity index (χ2v) is 7.65. The molecule has 0 saturated carbocycles. The molecule has 1 fully saturated rings. The van der Waals surface area contributed by atoms with E-state index in [9.17, 15) is 10.1 Å². The Morgan fingerprint density at radius 2 is 1.81 bits per heavy atom. The predicted octanol–water partition coefficient (Wildman–Crippen LogP) is 3.28. The first kappa shape index (κ1) is 16.9. The number of rotatable bonds is 3. The van der Waals surface area contributed by atoms with Gasteiger partial charge in [-0.25, -0.2) is 15.0 Å². The summed E-state index contributed by atoms with van der Waals surface area (Å²) >= 11 is 7.86. The molecule has 8 nitrogen and oxygen atoms in total. The van der Waals surface area contributed by atoms with Crippen LogP contribution < -0.4 is 9.80 Å². The number of anilines is 2. The van der Waals surface area contributed by atoms with Gasteiger partial charge in [-0.15, -0.1) is 11.3 Å². The molecule has 134 valence electrons. The van der Waals surface area contributed by atoms with E-state index >= 15 is 0 Å². The fourth-order valence-electron chi connectivity index (χ4n) is 3.10. The third-order valence-electron chi connectivity index (χ3n) is 4.33. The van der Waals surface area contributed by atoms with Gasteiger partial charge in [-0.2, -0.15) is 0 Å². The van der Waals surface area contributed by atoms with Crippen LogP contribution >= 0.6 is 22.9 Å². The SMILES string of the molecule is Cc1cc2c(N3CCN(c4ncc([N+](=O)[O-])cc4Cl)CC3)ncnc2s1. The van der Waals surface area contributed by atoms with E-state index in [1.54, 1.807) is 17.7 Å². The van der Waals surface area contributed by atoms with Crippen molar-refractivity contribution in [3.05, 3.63) is 44.7 Å². The van der Waals surface area contributed by atoms with E-state index in [0.29, 0.717) is 23.9 Å². The van der Waals surface area contributed by atoms with E-state index in [2.05, 4.69) is 32.8 Å². The van der Waals surface area contributed by atoms with Gasteiger partial charge in [-0.3, -0.25) is 10.1 Å².